The maximum atomic E-state index is 5.02. The minimum atomic E-state index is 0.618. The number of hydrogen-bond acceptors (Lipinski definition) is 5. The number of aryl methyl sites for hydroxylation is 1. The van der Waals surface area contributed by atoms with Gasteiger partial charge >= 0.3 is 0 Å². The Labute approximate surface area is 116 Å². The minimum absolute atomic E-state index is 0.618. The van der Waals surface area contributed by atoms with E-state index in [0.29, 0.717) is 13.1 Å². The first-order chi connectivity index (χ1) is 9.83. The van der Waals surface area contributed by atoms with Gasteiger partial charge < -0.3 is 9.84 Å². The number of benzene rings is 1. The number of H-pyrrole nitrogens is 1. The van der Waals surface area contributed by atoms with E-state index >= 15 is 0 Å². The van der Waals surface area contributed by atoms with E-state index in [2.05, 4.69) is 25.9 Å². The molecule has 0 amide bonds. The molecule has 0 spiro atoms. The van der Waals surface area contributed by atoms with Crippen molar-refractivity contribution in [2.24, 2.45) is 0 Å². The van der Waals surface area contributed by atoms with Gasteiger partial charge in [-0.15, -0.1) is 0 Å². The molecule has 0 unspecified atom stereocenters. The smallest absolute Gasteiger partial charge is 0.133 e. The summed E-state index contributed by atoms with van der Waals surface area (Å²) >= 11 is 0. The molecule has 0 saturated carbocycles. The fourth-order valence-electron chi connectivity index (χ4n) is 2.01. The van der Waals surface area contributed by atoms with E-state index in [9.17, 15) is 0 Å². The van der Waals surface area contributed by atoms with Gasteiger partial charge in [-0.3, -0.25) is 0 Å². The van der Waals surface area contributed by atoms with Crippen molar-refractivity contribution in [3.63, 3.8) is 0 Å². The molecule has 20 heavy (non-hydrogen) atoms. The molecule has 2 N–H and O–H groups in total. The predicted molar refractivity (Wildman–Crippen MR) is 73.6 cm³/mol. The molecule has 0 atom stereocenters. The summed E-state index contributed by atoms with van der Waals surface area (Å²) in [5.41, 5.74) is 3.69. The lowest BCUT2D eigenvalue weighted by Crippen LogP contribution is -2.13. The van der Waals surface area contributed by atoms with Gasteiger partial charge in [-0.25, -0.2) is 0 Å². The third kappa shape index (κ3) is 2.75. The molecular formula is C14H15N5O. The third-order valence-corrected chi connectivity index (χ3v) is 2.94. The van der Waals surface area contributed by atoms with Gasteiger partial charge in [0.1, 0.15) is 17.1 Å². The van der Waals surface area contributed by atoms with Crippen LogP contribution in [0.5, 0.6) is 0 Å². The number of rotatable bonds is 5. The predicted octanol–water partition coefficient (Wildman–Crippen LogP) is 2.06. The van der Waals surface area contributed by atoms with Crippen LogP contribution in [-0.4, -0.2) is 20.6 Å². The Bertz CT molecular complexity index is 674. The second-order valence-electron chi connectivity index (χ2n) is 4.52. The van der Waals surface area contributed by atoms with Crippen molar-refractivity contribution in [2.75, 3.05) is 0 Å². The normalized spacial score (nSPS) is 10.8. The van der Waals surface area contributed by atoms with Crippen LogP contribution in [0.15, 0.2) is 40.9 Å². The molecule has 3 aromatic rings. The van der Waals surface area contributed by atoms with Crippen LogP contribution in [-0.2, 0) is 13.1 Å². The van der Waals surface area contributed by atoms with Crippen LogP contribution >= 0.6 is 0 Å². The van der Waals surface area contributed by atoms with Crippen LogP contribution in [0.4, 0.5) is 0 Å². The second kappa shape index (κ2) is 5.66. The third-order valence-electron chi connectivity index (χ3n) is 2.94. The highest BCUT2D eigenvalue weighted by Gasteiger charge is 2.09. The van der Waals surface area contributed by atoms with E-state index in [-0.39, 0.29) is 0 Å². The number of nitrogens with one attached hydrogen (secondary N) is 2. The van der Waals surface area contributed by atoms with Gasteiger partial charge in [0, 0.05) is 24.7 Å². The Morgan fingerprint density at radius 2 is 2.00 bits per heavy atom. The van der Waals surface area contributed by atoms with Crippen LogP contribution in [0.3, 0.4) is 0 Å². The number of hydrogen-bond donors (Lipinski definition) is 2. The van der Waals surface area contributed by atoms with E-state index in [0.717, 1.165) is 28.4 Å². The second-order valence-corrected chi connectivity index (χ2v) is 4.52. The lowest BCUT2D eigenvalue weighted by molar-refractivity contribution is 0.388. The van der Waals surface area contributed by atoms with Gasteiger partial charge in [0.15, 0.2) is 0 Å². The summed E-state index contributed by atoms with van der Waals surface area (Å²) < 4.78 is 5.02. The van der Waals surface area contributed by atoms with Crippen molar-refractivity contribution >= 4 is 0 Å². The molecule has 0 fully saturated rings. The monoisotopic (exact) mass is 269 g/mol. The van der Waals surface area contributed by atoms with Crippen molar-refractivity contribution < 1.29 is 4.52 Å². The highest BCUT2D eigenvalue weighted by molar-refractivity contribution is 5.60. The van der Waals surface area contributed by atoms with E-state index in [1.54, 1.807) is 0 Å². The van der Waals surface area contributed by atoms with Crippen molar-refractivity contribution in [1.82, 2.24) is 25.9 Å². The van der Waals surface area contributed by atoms with E-state index in [4.69, 9.17) is 4.52 Å². The molecule has 0 aliphatic carbocycles. The van der Waals surface area contributed by atoms with Crippen LogP contribution in [0.2, 0.25) is 0 Å². The van der Waals surface area contributed by atoms with Crippen molar-refractivity contribution in [2.45, 2.75) is 20.0 Å². The van der Waals surface area contributed by atoms with Crippen LogP contribution in [0.25, 0.3) is 11.3 Å². The van der Waals surface area contributed by atoms with Crippen LogP contribution in [0, 0.1) is 6.92 Å². The highest BCUT2D eigenvalue weighted by Crippen LogP contribution is 2.18. The molecule has 0 saturated heterocycles. The lowest BCUT2D eigenvalue weighted by Gasteiger charge is -2.02. The Morgan fingerprint density at radius 1 is 1.15 bits per heavy atom. The van der Waals surface area contributed by atoms with E-state index in [1.165, 1.54) is 0 Å². The molecule has 2 heterocycles. The molecule has 0 aliphatic heterocycles. The summed E-state index contributed by atoms with van der Waals surface area (Å²) in [6, 6.07) is 11.9. The lowest BCUT2D eigenvalue weighted by atomic mass is 10.1. The number of aromatic amines is 1. The molecule has 0 radical (unpaired) electrons. The molecular weight excluding hydrogens is 254 g/mol. The molecule has 1 aromatic carbocycles. The van der Waals surface area contributed by atoms with Gasteiger partial charge in [0.05, 0.1) is 5.69 Å². The summed E-state index contributed by atoms with van der Waals surface area (Å²) in [7, 11) is 0. The fraction of sp³-hybridized carbons (Fsp3) is 0.214. The number of aromatic nitrogens is 4. The Hall–Kier alpha value is -2.47. The van der Waals surface area contributed by atoms with Crippen molar-refractivity contribution in [3.8, 4) is 11.3 Å². The summed E-state index contributed by atoms with van der Waals surface area (Å²) in [5, 5.41) is 18.3. The first-order valence-electron chi connectivity index (χ1n) is 6.41. The summed E-state index contributed by atoms with van der Waals surface area (Å²) in [5.74, 6) is 0.813. The van der Waals surface area contributed by atoms with Crippen LogP contribution < -0.4 is 5.32 Å². The van der Waals surface area contributed by atoms with E-state index < -0.39 is 0 Å². The summed E-state index contributed by atoms with van der Waals surface area (Å²) in [6.07, 6.45) is 0. The molecule has 0 bridgehead atoms. The Kier molecular flexibility index (Phi) is 3.56. The molecule has 102 valence electrons. The molecule has 3 rings (SSSR count). The first kappa shape index (κ1) is 12.6. The summed E-state index contributed by atoms with van der Waals surface area (Å²) in [6.45, 7) is 3.13. The molecule has 6 nitrogen and oxygen atoms in total. The zero-order chi connectivity index (χ0) is 13.8. The average molecular weight is 269 g/mol. The van der Waals surface area contributed by atoms with E-state index in [1.807, 2.05) is 43.3 Å². The highest BCUT2D eigenvalue weighted by atomic mass is 16.5. The fourth-order valence-corrected chi connectivity index (χ4v) is 2.01. The Morgan fingerprint density at radius 3 is 2.75 bits per heavy atom. The van der Waals surface area contributed by atoms with Crippen molar-refractivity contribution in [1.29, 1.82) is 0 Å². The number of nitrogens with zero attached hydrogens (tertiary/aromatic N) is 3. The first-order valence-corrected chi connectivity index (χ1v) is 6.41. The average Bonchev–Trinajstić information content (AvgIpc) is 3.09. The quantitative estimate of drug-likeness (QED) is 0.741. The van der Waals surface area contributed by atoms with Gasteiger partial charge in [0.2, 0.25) is 0 Å². The van der Waals surface area contributed by atoms with Gasteiger partial charge in [-0.1, -0.05) is 35.5 Å². The van der Waals surface area contributed by atoms with Gasteiger partial charge in [0.25, 0.3) is 0 Å². The molecule has 6 heteroatoms. The molecule has 2 aromatic heterocycles. The molecule has 0 aliphatic rings. The van der Waals surface area contributed by atoms with Crippen LogP contribution in [0.1, 0.15) is 17.1 Å². The van der Waals surface area contributed by atoms with Gasteiger partial charge in [-0.2, -0.15) is 15.4 Å². The zero-order valence-electron chi connectivity index (χ0n) is 11.1. The minimum Gasteiger partial charge on any atom is -0.361 e. The Balaban J connectivity index is 1.65. The largest absolute Gasteiger partial charge is 0.361 e. The summed E-state index contributed by atoms with van der Waals surface area (Å²) in [4.78, 5) is 0. The topological polar surface area (TPSA) is 79.6 Å². The maximum absolute atomic E-state index is 5.02. The SMILES string of the molecule is Cc1cc(CNCc2n[nH]nc2-c2ccccc2)no1. The zero-order valence-corrected chi connectivity index (χ0v) is 11.1. The van der Waals surface area contributed by atoms with Crippen molar-refractivity contribution in [3.05, 3.63) is 53.5 Å². The van der Waals surface area contributed by atoms with Gasteiger partial charge in [-0.05, 0) is 6.92 Å². The maximum Gasteiger partial charge on any atom is 0.133 e. The standard InChI is InChI=1S/C14H15N5O/c1-10-7-12(18-20-10)8-15-9-13-14(17-19-16-13)11-5-3-2-4-6-11/h2-7,15H,8-9H2,1H3,(H,16,17,19).